The van der Waals surface area contributed by atoms with Crippen LogP contribution in [0.3, 0.4) is 0 Å². The number of hydrogen-bond donors (Lipinski definition) is 1. The highest BCUT2D eigenvalue weighted by Gasteiger charge is 2.29. The Morgan fingerprint density at radius 2 is 2.38 bits per heavy atom. The van der Waals surface area contributed by atoms with Gasteiger partial charge in [-0.15, -0.1) is 5.10 Å². The van der Waals surface area contributed by atoms with Crippen LogP contribution in [-0.4, -0.2) is 25.8 Å². The Labute approximate surface area is 97.6 Å². The number of aromatic amines is 1. The minimum atomic E-state index is -0.166. The van der Waals surface area contributed by atoms with E-state index in [9.17, 15) is 9.59 Å². The van der Waals surface area contributed by atoms with Crippen LogP contribution < -0.4 is 5.69 Å². The molecule has 16 heavy (non-hydrogen) atoms. The first-order valence-corrected chi connectivity index (χ1v) is 6.37. The molecule has 1 atom stereocenters. The van der Waals surface area contributed by atoms with E-state index in [4.69, 9.17) is 0 Å². The third kappa shape index (κ3) is 2.21. The van der Waals surface area contributed by atoms with Crippen molar-refractivity contribution in [1.82, 2.24) is 14.8 Å². The molecule has 0 saturated heterocycles. The standard InChI is InChI=1S/C10H15N3O2S/c1-3-8(14)6(2)16-10-12-11-9(15)13(10)7-4-5-7/h6-7H,3-5H2,1-2H3,(H,11,15). The average Bonchev–Trinajstić information content (AvgIpc) is 3.04. The molecule has 1 heterocycles. The summed E-state index contributed by atoms with van der Waals surface area (Å²) in [6.45, 7) is 3.70. The van der Waals surface area contributed by atoms with Crippen molar-refractivity contribution >= 4 is 17.5 Å². The molecule has 6 heteroatoms. The zero-order chi connectivity index (χ0) is 11.7. The van der Waals surface area contributed by atoms with Gasteiger partial charge >= 0.3 is 5.69 Å². The van der Waals surface area contributed by atoms with Crippen LogP contribution in [0.25, 0.3) is 0 Å². The molecular weight excluding hydrogens is 226 g/mol. The molecule has 5 nitrogen and oxygen atoms in total. The molecule has 0 amide bonds. The van der Waals surface area contributed by atoms with Gasteiger partial charge in [0.25, 0.3) is 0 Å². The highest BCUT2D eigenvalue weighted by molar-refractivity contribution is 8.00. The summed E-state index contributed by atoms with van der Waals surface area (Å²) >= 11 is 1.36. The summed E-state index contributed by atoms with van der Waals surface area (Å²) in [6, 6.07) is 0.290. The number of aromatic nitrogens is 3. The molecule has 0 aliphatic heterocycles. The van der Waals surface area contributed by atoms with Gasteiger partial charge in [0.2, 0.25) is 0 Å². The number of rotatable bonds is 5. The highest BCUT2D eigenvalue weighted by atomic mass is 32.2. The maximum atomic E-state index is 11.5. The number of ketones is 1. The summed E-state index contributed by atoms with van der Waals surface area (Å²) in [7, 11) is 0. The Morgan fingerprint density at radius 3 is 2.94 bits per heavy atom. The Bertz CT molecular complexity index is 447. The molecule has 88 valence electrons. The minimum absolute atomic E-state index is 0.141. The normalized spacial score (nSPS) is 17.4. The van der Waals surface area contributed by atoms with Gasteiger partial charge in [-0.25, -0.2) is 9.89 Å². The summed E-state index contributed by atoms with van der Waals surface area (Å²) in [5.41, 5.74) is -0.166. The van der Waals surface area contributed by atoms with E-state index in [0.29, 0.717) is 11.6 Å². The lowest BCUT2D eigenvalue weighted by atomic mass is 10.2. The zero-order valence-electron chi connectivity index (χ0n) is 9.40. The Kier molecular flexibility index (Phi) is 3.18. The largest absolute Gasteiger partial charge is 0.344 e. The van der Waals surface area contributed by atoms with E-state index < -0.39 is 0 Å². The van der Waals surface area contributed by atoms with E-state index in [1.54, 1.807) is 4.57 Å². The van der Waals surface area contributed by atoms with Gasteiger partial charge in [-0.2, -0.15) is 0 Å². The number of Topliss-reactive ketones (excluding diaryl/α,β-unsaturated/α-hetero) is 1. The fourth-order valence-electron chi connectivity index (χ4n) is 1.54. The van der Waals surface area contributed by atoms with E-state index in [1.807, 2.05) is 13.8 Å². The molecule has 1 N–H and O–H groups in total. The molecule has 1 saturated carbocycles. The van der Waals surface area contributed by atoms with Gasteiger partial charge < -0.3 is 0 Å². The SMILES string of the molecule is CCC(=O)C(C)Sc1n[nH]c(=O)n1C1CC1. The summed E-state index contributed by atoms with van der Waals surface area (Å²) in [5, 5.41) is 6.92. The van der Waals surface area contributed by atoms with E-state index >= 15 is 0 Å². The first-order valence-electron chi connectivity index (χ1n) is 5.49. The molecule has 0 bridgehead atoms. The minimum Gasteiger partial charge on any atom is -0.298 e. The summed E-state index contributed by atoms with van der Waals surface area (Å²) in [4.78, 5) is 23.0. The smallest absolute Gasteiger partial charge is 0.298 e. The molecule has 0 spiro atoms. The second-order valence-corrected chi connectivity index (χ2v) is 5.30. The van der Waals surface area contributed by atoms with Crippen LogP contribution in [0.2, 0.25) is 0 Å². The van der Waals surface area contributed by atoms with Gasteiger partial charge in [-0.3, -0.25) is 9.36 Å². The molecule has 1 aliphatic rings. The predicted molar refractivity (Wildman–Crippen MR) is 61.7 cm³/mol. The number of carbonyl (C=O) groups is 1. The van der Waals surface area contributed by atoms with Crippen molar-refractivity contribution in [2.75, 3.05) is 0 Å². The molecular formula is C10H15N3O2S. The van der Waals surface area contributed by atoms with Crippen LogP contribution in [-0.2, 0) is 4.79 Å². The van der Waals surface area contributed by atoms with E-state index in [2.05, 4.69) is 10.2 Å². The molecule has 1 fully saturated rings. The van der Waals surface area contributed by atoms with Crippen LogP contribution in [0, 0.1) is 0 Å². The third-order valence-electron chi connectivity index (χ3n) is 2.67. The number of H-pyrrole nitrogens is 1. The lowest BCUT2D eigenvalue weighted by Gasteiger charge is -2.08. The van der Waals surface area contributed by atoms with E-state index in [0.717, 1.165) is 12.8 Å². The van der Waals surface area contributed by atoms with Gasteiger partial charge in [0.1, 0.15) is 5.78 Å². The fourth-order valence-corrected chi connectivity index (χ4v) is 2.60. The van der Waals surface area contributed by atoms with Crippen LogP contribution in [0.15, 0.2) is 9.95 Å². The molecule has 0 aromatic carbocycles. The molecule has 1 aromatic rings. The Morgan fingerprint density at radius 1 is 1.69 bits per heavy atom. The highest BCUT2D eigenvalue weighted by Crippen LogP contribution is 2.36. The molecule has 1 unspecified atom stereocenters. The summed E-state index contributed by atoms with van der Waals surface area (Å²) < 4.78 is 1.67. The second-order valence-electron chi connectivity index (χ2n) is 3.99. The number of nitrogens with zero attached hydrogens (tertiary/aromatic N) is 2. The quantitative estimate of drug-likeness (QED) is 0.790. The average molecular weight is 241 g/mol. The Balaban J connectivity index is 2.15. The first kappa shape index (κ1) is 11.4. The maximum Gasteiger partial charge on any atom is 0.344 e. The maximum absolute atomic E-state index is 11.5. The molecule has 1 aliphatic carbocycles. The lowest BCUT2D eigenvalue weighted by Crippen LogP contribution is -2.18. The van der Waals surface area contributed by atoms with Crippen LogP contribution in [0.4, 0.5) is 0 Å². The predicted octanol–water partition coefficient (Wildman–Crippen LogP) is 1.37. The van der Waals surface area contributed by atoms with Crippen molar-refractivity contribution in [3.05, 3.63) is 10.5 Å². The third-order valence-corrected chi connectivity index (χ3v) is 3.78. The number of hydrogen-bond acceptors (Lipinski definition) is 4. The van der Waals surface area contributed by atoms with Crippen molar-refractivity contribution in [2.24, 2.45) is 0 Å². The van der Waals surface area contributed by atoms with Crippen molar-refractivity contribution in [3.8, 4) is 0 Å². The Hall–Kier alpha value is -1.04. The van der Waals surface area contributed by atoms with Crippen molar-refractivity contribution in [1.29, 1.82) is 0 Å². The van der Waals surface area contributed by atoms with Gasteiger partial charge in [0, 0.05) is 12.5 Å². The van der Waals surface area contributed by atoms with Gasteiger partial charge in [0.05, 0.1) is 5.25 Å². The summed E-state index contributed by atoms with van der Waals surface area (Å²) in [5.74, 6) is 0.183. The van der Waals surface area contributed by atoms with Gasteiger partial charge in [0.15, 0.2) is 5.16 Å². The molecule has 0 radical (unpaired) electrons. The van der Waals surface area contributed by atoms with Crippen molar-refractivity contribution < 1.29 is 4.79 Å². The van der Waals surface area contributed by atoms with Crippen LogP contribution in [0.1, 0.15) is 39.2 Å². The van der Waals surface area contributed by atoms with Crippen molar-refractivity contribution in [3.63, 3.8) is 0 Å². The molecule has 2 rings (SSSR count). The number of thioether (sulfide) groups is 1. The topological polar surface area (TPSA) is 67.8 Å². The zero-order valence-corrected chi connectivity index (χ0v) is 10.2. The second kappa shape index (κ2) is 4.45. The van der Waals surface area contributed by atoms with Crippen LogP contribution >= 0.6 is 11.8 Å². The van der Waals surface area contributed by atoms with Crippen molar-refractivity contribution in [2.45, 2.75) is 49.6 Å². The molecule has 1 aromatic heterocycles. The van der Waals surface area contributed by atoms with E-state index in [-0.39, 0.29) is 22.8 Å². The van der Waals surface area contributed by atoms with E-state index in [1.165, 1.54) is 11.8 Å². The van der Waals surface area contributed by atoms with Gasteiger partial charge in [-0.05, 0) is 19.8 Å². The van der Waals surface area contributed by atoms with Gasteiger partial charge in [-0.1, -0.05) is 18.7 Å². The monoisotopic (exact) mass is 241 g/mol. The number of carbonyl (C=O) groups excluding carboxylic acids is 1. The summed E-state index contributed by atoms with van der Waals surface area (Å²) in [6.07, 6.45) is 2.58. The van der Waals surface area contributed by atoms with Crippen LogP contribution in [0.5, 0.6) is 0 Å². The fraction of sp³-hybridized carbons (Fsp3) is 0.700. The lowest BCUT2D eigenvalue weighted by molar-refractivity contribution is -0.118. The number of nitrogens with one attached hydrogen (secondary N) is 1. The first-order chi connectivity index (χ1) is 7.63.